The van der Waals surface area contributed by atoms with E-state index in [0.29, 0.717) is 6.42 Å². The van der Waals surface area contributed by atoms with Gasteiger partial charge in [-0.2, -0.15) is 0 Å². The zero-order chi connectivity index (χ0) is 9.12. The summed E-state index contributed by atoms with van der Waals surface area (Å²) in [5.74, 6) is 0. The normalized spacial score (nSPS) is 13.6. The van der Waals surface area contributed by atoms with E-state index >= 15 is 0 Å². The van der Waals surface area contributed by atoms with Crippen LogP contribution in [0.15, 0.2) is 0 Å². The minimum Gasteiger partial charge on any atom is -0.355 e. The van der Waals surface area contributed by atoms with Crippen LogP contribution in [0, 0.1) is 0 Å². The van der Waals surface area contributed by atoms with Crippen LogP contribution in [0.5, 0.6) is 0 Å². The summed E-state index contributed by atoms with van der Waals surface area (Å²) in [7, 11) is 0. The molecule has 0 aromatic carbocycles. The minimum absolute atomic E-state index is 0.641. The summed E-state index contributed by atoms with van der Waals surface area (Å²) in [5.41, 5.74) is 0. The molecule has 0 bridgehead atoms. The predicted octanol–water partition coefficient (Wildman–Crippen LogP) is 2.70. The number of hydrogen-bond acceptors (Lipinski definition) is 2. The molecule has 0 aromatic heterocycles. The summed E-state index contributed by atoms with van der Waals surface area (Å²) in [4.78, 5) is 0. The lowest BCUT2D eigenvalue weighted by Crippen LogP contribution is -2.39. The Bertz CT molecular complexity index is 119. The Kier molecular flexibility index (Phi) is 5.12. The Morgan fingerprint density at radius 3 is 1.91 bits per heavy atom. The first-order valence-corrected chi connectivity index (χ1v) is 5.70. The van der Waals surface area contributed by atoms with Crippen molar-refractivity contribution in [2.24, 2.45) is 0 Å². The lowest BCUT2D eigenvalue weighted by atomic mass is 10.2. The molecule has 2 nitrogen and oxygen atoms in total. The molecule has 0 heterocycles. The van der Waals surface area contributed by atoms with Crippen molar-refractivity contribution in [1.82, 2.24) is 0 Å². The molecule has 0 aliphatic carbocycles. The van der Waals surface area contributed by atoms with Crippen LogP contribution in [0.3, 0.4) is 0 Å². The average molecular weight is 355 g/mol. The topological polar surface area (TPSA) is 40.5 Å². The van der Waals surface area contributed by atoms with Gasteiger partial charge in [-0.1, -0.05) is 51.6 Å². The molecule has 0 radical (unpaired) electrons. The molecule has 5 heteroatoms. The van der Waals surface area contributed by atoms with Gasteiger partial charge in [0.15, 0.2) is 0 Å². The molecule has 0 saturated heterocycles. The van der Waals surface area contributed by atoms with Crippen LogP contribution in [-0.2, 0) is 0 Å². The Labute approximate surface area is 91.8 Å². The van der Waals surface area contributed by atoms with E-state index in [4.69, 9.17) is 10.2 Å². The van der Waals surface area contributed by atoms with E-state index in [0.717, 1.165) is 12.8 Å². The highest BCUT2D eigenvalue weighted by molar-refractivity contribution is 9.26. The molecule has 0 saturated carbocycles. The predicted molar refractivity (Wildman–Crippen MR) is 56.2 cm³/mol. The molecule has 0 amide bonds. The van der Waals surface area contributed by atoms with Gasteiger partial charge >= 0.3 is 0 Å². The molecular weight excluding hydrogens is 344 g/mol. The maximum atomic E-state index is 9.15. The first-order chi connectivity index (χ1) is 4.81. The van der Waals surface area contributed by atoms with E-state index in [-0.39, 0.29) is 0 Å². The van der Waals surface area contributed by atoms with Gasteiger partial charge in [0.05, 0.1) is 0 Å². The van der Waals surface area contributed by atoms with Gasteiger partial charge in [0.1, 0.15) is 3.23 Å². The van der Waals surface area contributed by atoms with E-state index < -0.39 is 7.93 Å². The highest BCUT2D eigenvalue weighted by Crippen LogP contribution is 2.44. The second-order valence-corrected chi connectivity index (χ2v) is 7.27. The van der Waals surface area contributed by atoms with Crippen molar-refractivity contribution >= 4 is 47.8 Å². The first-order valence-electron chi connectivity index (χ1n) is 3.32. The smallest absolute Gasteiger partial charge is 0.247 e. The zero-order valence-corrected chi connectivity index (χ0v) is 10.9. The van der Waals surface area contributed by atoms with Crippen molar-refractivity contribution in [3.63, 3.8) is 0 Å². The highest BCUT2D eigenvalue weighted by atomic mass is 79.9. The summed E-state index contributed by atoms with van der Waals surface area (Å²) in [6.45, 7) is 2.04. The third-order valence-electron chi connectivity index (χ3n) is 1.31. The van der Waals surface area contributed by atoms with Crippen molar-refractivity contribution in [1.29, 1.82) is 0 Å². The molecule has 0 unspecified atom stereocenters. The van der Waals surface area contributed by atoms with Crippen LogP contribution in [0.4, 0.5) is 0 Å². The molecule has 0 atom stereocenters. The largest absolute Gasteiger partial charge is 0.355 e. The van der Waals surface area contributed by atoms with Crippen LogP contribution in [0.25, 0.3) is 0 Å². The molecule has 0 aliphatic rings. The summed E-state index contributed by atoms with van der Waals surface area (Å²) in [6, 6.07) is 0. The summed E-state index contributed by atoms with van der Waals surface area (Å²) < 4.78 is -2.77. The fraction of sp³-hybridized carbons (Fsp3) is 1.00. The van der Waals surface area contributed by atoms with Gasteiger partial charge < -0.3 is 10.2 Å². The standard InChI is InChI=1S/C6H11Br3O2/c1-2-3-4-5(7,8)6(9,10)11/h10-11H,2-4H2,1H3. The van der Waals surface area contributed by atoms with Gasteiger partial charge in [-0.05, 0) is 22.4 Å². The van der Waals surface area contributed by atoms with Crippen molar-refractivity contribution in [3.05, 3.63) is 0 Å². The Balaban J connectivity index is 4.00. The van der Waals surface area contributed by atoms with Gasteiger partial charge in [0.25, 0.3) is 0 Å². The molecule has 0 spiro atoms. The fourth-order valence-electron chi connectivity index (χ4n) is 0.558. The maximum absolute atomic E-state index is 9.15. The van der Waals surface area contributed by atoms with Crippen molar-refractivity contribution in [2.75, 3.05) is 0 Å². The van der Waals surface area contributed by atoms with Gasteiger partial charge in [-0.3, -0.25) is 0 Å². The minimum atomic E-state index is -1.91. The summed E-state index contributed by atoms with van der Waals surface area (Å²) in [6.07, 6.45) is 2.58. The number of alkyl halides is 3. The van der Waals surface area contributed by atoms with E-state index in [1.54, 1.807) is 0 Å². The Morgan fingerprint density at radius 2 is 1.64 bits per heavy atom. The number of aliphatic hydroxyl groups is 2. The van der Waals surface area contributed by atoms with Crippen molar-refractivity contribution in [3.8, 4) is 0 Å². The van der Waals surface area contributed by atoms with Crippen molar-refractivity contribution < 1.29 is 10.2 Å². The van der Waals surface area contributed by atoms with Gasteiger partial charge in [0, 0.05) is 0 Å². The van der Waals surface area contributed by atoms with Crippen LogP contribution in [0.1, 0.15) is 26.2 Å². The molecule has 0 aliphatic heterocycles. The van der Waals surface area contributed by atoms with Crippen LogP contribution < -0.4 is 0 Å². The average Bonchev–Trinajstić information content (AvgIpc) is 1.81. The fourth-order valence-corrected chi connectivity index (χ4v) is 1.32. The molecular formula is C6H11Br3O2. The summed E-state index contributed by atoms with van der Waals surface area (Å²) >= 11 is 9.09. The van der Waals surface area contributed by atoms with E-state index in [1.807, 2.05) is 6.92 Å². The van der Waals surface area contributed by atoms with E-state index in [1.165, 1.54) is 0 Å². The lowest BCUT2D eigenvalue weighted by molar-refractivity contribution is -0.0749. The molecule has 0 rings (SSSR count). The third kappa shape index (κ3) is 4.22. The molecule has 68 valence electrons. The zero-order valence-electron chi connectivity index (χ0n) is 6.15. The Morgan fingerprint density at radius 1 is 1.18 bits per heavy atom. The maximum Gasteiger partial charge on any atom is 0.247 e. The van der Waals surface area contributed by atoms with Gasteiger partial charge in [0.2, 0.25) is 4.70 Å². The number of rotatable bonds is 4. The van der Waals surface area contributed by atoms with Crippen molar-refractivity contribution in [2.45, 2.75) is 34.1 Å². The lowest BCUT2D eigenvalue weighted by Gasteiger charge is -2.29. The van der Waals surface area contributed by atoms with Crippen LogP contribution >= 0.6 is 47.8 Å². The van der Waals surface area contributed by atoms with Crippen LogP contribution in [-0.4, -0.2) is 18.1 Å². The summed E-state index contributed by atoms with van der Waals surface area (Å²) in [5, 5.41) is 18.3. The van der Waals surface area contributed by atoms with E-state index in [2.05, 4.69) is 47.8 Å². The monoisotopic (exact) mass is 352 g/mol. The second-order valence-electron chi connectivity index (χ2n) is 2.40. The van der Waals surface area contributed by atoms with Crippen LogP contribution in [0.2, 0.25) is 0 Å². The number of unbranched alkanes of at least 4 members (excludes halogenated alkanes) is 1. The highest BCUT2D eigenvalue weighted by Gasteiger charge is 2.43. The second kappa shape index (κ2) is 4.56. The Hall–Kier alpha value is 1.36. The van der Waals surface area contributed by atoms with Gasteiger partial charge in [-0.15, -0.1) is 0 Å². The first kappa shape index (κ1) is 12.4. The molecule has 0 aromatic rings. The number of halogens is 3. The van der Waals surface area contributed by atoms with E-state index in [9.17, 15) is 0 Å². The third-order valence-corrected chi connectivity index (χ3v) is 4.95. The van der Waals surface area contributed by atoms with Gasteiger partial charge in [-0.25, -0.2) is 0 Å². The molecule has 0 fully saturated rings. The quantitative estimate of drug-likeness (QED) is 0.602. The SMILES string of the molecule is CCCCC(Br)(Br)C(O)(O)Br. The number of hydrogen-bond donors (Lipinski definition) is 2. The molecule has 11 heavy (non-hydrogen) atoms. The molecule has 2 N–H and O–H groups in total.